The maximum absolute atomic E-state index is 12.9. The van der Waals surface area contributed by atoms with Gasteiger partial charge in [-0.2, -0.15) is 4.31 Å². The summed E-state index contributed by atoms with van der Waals surface area (Å²) in [5, 5.41) is 11.1. The number of thiophene rings is 1. The first kappa shape index (κ1) is 14.8. The number of hydrogen-bond acceptors (Lipinski definition) is 5. The van der Waals surface area contributed by atoms with E-state index in [2.05, 4.69) is 0 Å². The predicted octanol–water partition coefficient (Wildman–Crippen LogP) is 2.50. The van der Waals surface area contributed by atoms with Crippen LogP contribution in [0.3, 0.4) is 0 Å². The van der Waals surface area contributed by atoms with Gasteiger partial charge in [0.05, 0.1) is 0 Å². The molecule has 1 aliphatic rings. The van der Waals surface area contributed by atoms with Crippen LogP contribution in [0.25, 0.3) is 0 Å². The quantitative estimate of drug-likeness (QED) is 0.885. The molecule has 0 atom stereocenters. The Labute approximate surface area is 127 Å². The molecule has 7 heteroatoms. The largest absolute Gasteiger partial charge is 0.462 e. The SMILES string of the molecule is Cc1oc(CO)cc1S(=O)(=O)N(Cc1cccs1)C1CC1. The van der Waals surface area contributed by atoms with Crippen molar-refractivity contribution in [2.75, 3.05) is 0 Å². The van der Waals surface area contributed by atoms with Gasteiger partial charge in [-0.05, 0) is 31.2 Å². The molecule has 0 radical (unpaired) electrons. The Hall–Kier alpha value is -1.15. The van der Waals surface area contributed by atoms with Crippen molar-refractivity contribution in [2.24, 2.45) is 0 Å². The fourth-order valence-electron chi connectivity index (χ4n) is 2.31. The highest BCUT2D eigenvalue weighted by atomic mass is 32.2. The summed E-state index contributed by atoms with van der Waals surface area (Å²) in [6.45, 7) is 1.71. The molecule has 0 amide bonds. The summed E-state index contributed by atoms with van der Waals surface area (Å²) < 4.78 is 32.6. The fraction of sp³-hybridized carbons (Fsp3) is 0.429. The van der Waals surface area contributed by atoms with Gasteiger partial charge in [0, 0.05) is 23.5 Å². The predicted molar refractivity (Wildman–Crippen MR) is 79.4 cm³/mol. The number of aliphatic hydroxyl groups excluding tert-OH is 1. The van der Waals surface area contributed by atoms with Crippen LogP contribution in [0.2, 0.25) is 0 Å². The normalized spacial score (nSPS) is 15.8. The molecule has 0 aliphatic heterocycles. The van der Waals surface area contributed by atoms with E-state index in [4.69, 9.17) is 9.52 Å². The Morgan fingerprint density at radius 2 is 2.24 bits per heavy atom. The molecule has 5 nitrogen and oxygen atoms in total. The molecule has 1 aliphatic carbocycles. The van der Waals surface area contributed by atoms with Crippen LogP contribution in [0.15, 0.2) is 32.9 Å². The summed E-state index contributed by atoms with van der Waals surface area (Å²) in [5.74, 6) is 0.605. The number of aliphatic hydroxyl groups is 1. The number of hydrogen-bond donors (Lipinski definition) is 1. The van der Waals surface area contributed by atoms with Crippen molar-refractivity contribution in [3.8, 4) is 0 Å². The first-order chi connectivity index (χ1) is 10.0. The van der Waals surface area contributed by atoms with Gasteiger partial charge >= 0.3 is 0 Å². The molecule has 2 heterocycles. The molecule has 21 heavy (non-hydrogen) atoms. The number of furan rings is 1. The maximum atomic E-state index is 12.9. The highest BCUT2D eigenvalue weighted by molar-refractivity contribution is 7.89. The molecule has 1 fully saturated rings. The van der Waals surface area contributed by atoms with Crippen LogP contribution in [-0.4, -0.2) is 23.9 Å². The number of nitrogens with zero attached hydrogens (tertiary/aromatic N) is 1. The maximum Gasteiger partial charge on any atom is 0.247 e. The van der Waals surface area contributed by atoms with Crippen molar-refractivity contribution in [3.63, 3.8) is 0 Å². The fourth-order valence-corrected chi connectivity index (χ4v) is 4.95. The highest BCUT2D eigenvalue weighted by Gasteiger charge is 2.39. The second kappa shape index (κ2) is 5.57. The minimum atomic E-state index is -3.60. The highest BCUT2D eigenvalue weighted by Crippen LogP contribution is 2.35. The van der Waals surface area contributed by atoms with Crippen LogP contribution in [0.4, 0.5) is 0 Å². The summed E-state index contributed by atoms with van der Waals surface area (Å²) in [5.41, 5.74) is 0. The Bertz CT molecular complexity index is 714. The first-order valence-electron chi connectivity index (χ1n) is 6.77. The third-order valence-corrected chi connectivity index (χ3v) is 6.38. The topological polar surface area (TPSA) is 70.8 Å². The van der Waals surface area contributed by atoms with Crippen molar-refractivity contribution in [3.05, 3.63) is 40.0 Å². The molecule has 0 saturated heterocycles. The second-order valence-electron chi connectivity index (χ2n) is 5.15. The zero-order valence-electron chi connectivity index (χ0n) is 11.7. The third-order valence-electron chi connectivity index (χ3n) is 3.51. The van der Waals surface area contributed by atoms with Gasteiger partial charge in [-0.25, -0.2) is 8.42 Å². The van der Waals surface area contributed by atoms with E-state index in [0.29, 0.717) is 12.3 Å². The average molecular weight is 327 g/mol. The molecule has 0 bridgehead atoms. The summed E-state index contributed by atoms with van der Waals surface area (Å²) >= 11 is 1.55. The van der Waals surface area contributed by atoms with Crippen molar-refractivity contribution in [1.82, 2.24) is 4.31 Å². The molecule has 1 saturated carbocycles. The van der Waals surface area contributed by atoms with Crippen molar-refractivity contribution in [1.29, 1.82) is 0 Å². The molecular weight excluding hydrogens is 310 g/mol. The van der Waals surface area contributed by atoms with Crippen LogP contribution in [0.1, 0.15) is 29.2 Å². The molecule has 0 unspecified atom stereocenters. The minimum Gasteiger partial charge on any atom is -0.462 e. The van der Waals surface area contributed by atoms with Crippen LogP contribution in [0, 0.1) is 6.92 Å². The van der Waals surface area contributed by atoms with E-state index in [1.54, 1.807) is 22.6 Å². The Morgan fingerprint density at radius 1 is 1.48 bits per heavy atom. The monoisotopic (exact) mass is 327 g/mol. The van der Waals surface area contributed by atoms with Crippen molar-refractivity contribution < 1.29 is 17.9 Å². The van der Waals surface area contributed by atoms with E-state index in [0.717, 1.165) is 17.7 Å². The lowest BCUT2D eigenvalue weighted by Crippen LogP contribution is -2.32. The van der Waals surface area contributed by atoms with Crippen LogP contribution in [0.5, 0.6) is 0 Å². The third kappa shape index (κ3) is 2.91. The smallest absolute Gasteiger partial charge is 0.247 e. The molecule has 3 rings (SSSR count). The zero-order valence-corrected chi connectivity index (χ0v) is 13.3. The molecule has 1 N–H and O–H groups in total. The van der Waals surface area contributed by atoms with E-state index in [1.165, 1.54) is 6.07 Å². The van der Waals surface area contributed by atoms with E-state index in [-0.39, 0.29) is 23.3 Å². The minimum absolute atomic E-state index is 0.0731. The van der Waals surface area contributed by atoms with Gasteiger partial charge in [0.1, 0.15) is 23.0 Å². The van der Waals surface area contributed by atoms with Gasteiger partial charge in [0.25, 0.3) is 0 Å². The summed E-state index contributed by atoms with van der Waals surface area (Å²) in [7, 11) is -3.60. The lowest BCUT2D eigenvalue weighted by molar-refractivity contribution is 0.244. The molecule has 0 spiro atoms. The van der Waals surface area contributed by atoms with E-state index < -0.39 is 10.0 Å². The van der Waals surface area contributed by atoms with Crippen molar-refractivity contribution >= 4 is 21.4 Å². The van der Waals surface area contributed by atoms with Crippen LogP contribution < -0.4 is 0 Å². The lowest BCUT2D eigenvalue weighted by atomic mass is 10.4. The van der Waals surface area contributed by atoms with Gasteiger partial charge in [0.2, 0.25) is 10.0 Å². The lowest BCUT2D eigenvalue weighted by Gasteiger charge is -2.20. The summed E-state index contributed by atoms with van der Waals surface area (Å²) in [4.78, 5) is 1.18. The van der Waals surface area contributed by atoms with E-state index in [1.807, 2.05) is 17.5 Å². The summed E-state index contributed by atoms with van der Waals surface area (Å²) in [6, 6.07) is 5.36. The van der Waals surface area contributed by atoms with Gasteiger partial charge in [-0.3, -0.25) is 0 Å². The summed E-state index contributed by atoms with van der Waals surface area (Å²) in [6.07, 6.45) is 1.79. The molecule has 114 valence electrons. The van der Waals surface area contributed by atoms with Gasteiger partial charge in [0.15, 0.2) is 0 Å². The molecule has 2 aromatic heterocycles. The standard InChI is InChI=1S/C14H17NO4S2/c1-10-14(7-12(9-16)19-10)21(17,18)15(11-4-5-11)8-13-3-2-6-20-13/h2-3,6-7,11,16H,4-5,8-9H2,1H3. The van der Waals surface area contributed by atoms with Gasteiger partial charge in [-0.1, -0.05) is 6.07 Å². The Balaban J connectivity index is 1.95. The average Bonchev–Trinajstić information content (AvgIpc) is 2.99. The van der Waals surface area contributed by atoms with E-state index in [9.17, 15) is 8.42 Å². The number of aryl methyl sites for hydroxylation is 1. The van der Waals surface area contributed by atoms with Crippen LogP contribution in [-0.2, 0) is 23.2 Å². The second-order valence-corrected chi connectivity index (χ2v) is 8.04. The van der Waals surface area contributed by atoms with E-state index >= 15 is 0 Å². The Morgan fingerprint density at radius 3 is 2.76 bits per heavy atom. The molecule has 2 aromatic rings. The van der Waals surface area contributed by atoms with Gasteiger partial charge < -0.3 is 9.52 Å². The molecular formula is C14H17NO4S2. The van der Waals surface area contributed by atoms with Crippen molar-refractivity contribution in [2.45, 2.75) is 43.9 Å². The van der Waals surface area contributed by atoms with Crippen LogP contribution >= 0.6 is 11.3 Å². The zero-order chi connectivity index (χ0) is 15.0. The number of sulfonamides is 1. The van der Waals surface area contributed by atoms with Gasteiger partial charge in [-0.15, -0.1) is 11.3 Å². The number of rotatable bonds is 6. The first-order valence-corrected chi connectivity index (χ1v) is 9.08. The Kier molecular flexibility index (Phi) is 3.92. The molecule has 0 aromatic carbocycles.